The van der Waals surface area contributed by atoms with E-state index >= 15 is 0 Å². The molecule has 1 amide bonds. The standard InChI is InChI=1S/C9H17NO4S/c1-6(3-4-11)15-5-8(9(13)14)10-7(2)12/h6,8,11H,3-5H2,1-2H3,(H,10,12)(H,13,14)/t6?,8-/m0/s1/i3+1,4+1,6+1,10+1. The van der Waals surface area contributed by atoms with Gasteiger partial charge in [-0.05, 0) is 6.42 Å². The lowest BCUT2D eigenvalue weighted by Gasteiger charge is -2.15. The Kier molecular flexibility index (Phi) is 7.15. The van der Waals surface area contributed by atoms with Gasteiger partial charge in [-0.2, -0.15) is 11.8 Å². The number of amides is 1. The first kappa shape index (κ1) is 14.2. The Balaban J connectivity index is 3.96. The topological polar surface area (TPSA) is 86.6 Å². The highest BCUT2D eigenvalue weighted by molar-refractivity contribution is 7.99. The molecule has 0 saturated heterocycles. The molecule has 0 bridgehead atoms. The first-order valence-electron chi connectivity index (χ1n) is 4.69. The molecular formula is C9H17NO4S. The highest BCUT2D eigenvalue weighted by Gasteiger charge is 2.19. The Morgan fingerprint density at radius 3 is 2.47 bits per heavy atom. The molecule has 0 rings (SSSR count). The molecule has 15 heavy (non-hydrogen) atoms. The smallest absolute Gasteiger partial charge is 0.327 e. The summed E-state index contributed by atoms with van der Waals surface area (Å²) in [5, 5.41) is 20.0. The van der Waals surface area contributed by atoms with Crippen LogP contribution >= 0.6 is 11.8 Å². The van der Waals surface area contributed by atoms with Crippen molar-refractivity contribution in [1.82, 2.24) is 5.32 Å². The fraction of sp³-hybridized carbons (Fsp3) is 0.778. The number of rotatable bonds is 7. The molecule has 0 heterocycles. The average Bonchev–Trinajstić information content (AvgIpc) is 2.11. The van der Waals surface area contributed by atoms with E-state index in [0.717, 1.165) is 0 Å². The van der Waals surface area contributed by atoms with Crippen LogP contribution in [0.15, 0.2) is 0 Å². The Bertz CT molecular complexity index is 222. The van der Waals surface area contributed by atoms with Gasteiger partial charge in [0.05, 0.1) is 0 Å². The van der Waals surface area contributed by atoms with Crippen LogP contribution in [0, 0.1) is 0 Å². The summed E-state index contributed by atoms with van der Waals surface area (Å²) in [6, 6.07) is -0.853. The van der Waals surface area contributed by atoms with E-state index in [2.05, 4.69) is 5.32 Å². The molecule has 2 atom stereocenters. The van der Waals surface area contributed by atoms with Gasteiger partial charge in [0.2, 0.25) is 5.91 Å². The van der Waals surface area contributed by atoms with Crippen molar-refractivity contribution in [1.29, 1.82) is 0 Å². The first-order valence-corrected chi connectivity index (χ1v) is 5.74. The molecule has 1 unspecified atom stereocenters. The van der Waals surface area contributed by atoms with Gasteiger partial charge in [0.1, 0.15) is 6.04 Å². The summed E-state index contributed by atoms with van der Waals surface area (Å²) < 4.78 is 0. The summed E-state index contributed by atoms with van der Waals surface area (Å²) >= 11 is 1.42. The summed E-state index contributed by atoms with van der Waals surface area (Å²) in [5.41, 5.74) is 0. The number of thioether (sulfide) groups is 1. The molecule has 0 aromatic carbocycles. The summed E-state index contributed by atoms with van der Waals surface area (Å²) in [5.74, 6) is -1.07. The van der Waals surface area contributed by atoms with Gasteiger partial charge in [0.15, 0.2) is 0 Å². The fourth-order valence-corrected chi connectivity index (χ4v) is 1.96. The molecule has 6 heteroatoms. The SMILES string of the molecule is CC(=O)[15NH][C@@H](CS[13CH](C)[13CH2][13CH2]O)C(=O)O. The van der Waals surface area contributed by atoms with Crippen molar-refractivity contribution in [2.45, 2.75) is 31.6 Å². The molecule has 0 aliphatic rings. The van der Waals surface area contributed by atoms with Crippen LogP contribution in [0.4, 0.5) is 0 Å². The molecule has 0 aromatic heterocycles. The lowest BCUT2D eigenvalue weighted by Crippen LogP contribution is -2.41. The van der Waals surface area contributed by atoms with E-state index in [1.165, 1.54) is 18.7 Å². The van der Waals surface area contributed by atoms with Gasteiger partial charge in [-0.3, -0.25) is 4.79 Å². The van der Waals surface area contributed by atoms with Gasteiger partial charge in [-0.15, -0.1) is 0 Å². The van der Waals surface area contributed by atoms with Crippen LogP contribution in [0.5, 0.6) is 0 Å². The largest absolute Gasteiger partial charge is 0.480 e. The molecule has 5 nitrogen and oxygen atoms in total. The quantitative estimate of drug-likeness (QED) is 0.432. The van der Waals surface area contributed by atoms with Gasteiger partial charge >= 0.3 is 5.97 Å². The Hall–Kier alpha value is -0.750. The van der Waals surface area contributed by atoms with E-state index in [4.69, 9.17) is 10.2 Å². The van der Waals surface area contributed by atoms with E-state index in [-0.39, 0.29) is 17.8 Å². The van der Waals surface area contributed by atoms with Crippen LogP contribution in [0.1, 0.15) is 20.3 Å². The van der Waals surface area contributed by atoms with Crippen molar-refractivity contribution in [2.75, 3.05) is 12.4 Å². The maximum Gasteiger partial charge on any atom is 0.327 e. The summed E-state index contributed by atoms with van der Waals surface area (Å²) in [4.78, 5) is 21.4. The van der Waals surface area contributed by atoms with E-state index in [1.54, 1.807) is 0 Å². The van der Waals surface area contributed by atoms with Crippen molar-refractivity contribution in [2.24, 2.45) is 0 Å². The second-order valence-electron chi connectivity index (χ2n) is 3.25. The third kappa shape index (κ3) is 7.21. The third-order valence-corrected chi connectivity index (χ3v) is 3.09. The predicted octanol–water partition coefficient (Wildman–Crippen LogP) is 0.0798. The molecule has 0 aliphatic heterocycles. The normalized spacial score (nSPS) is 14.3. The number of aliphatic hydroxyl groups excluding tert-OH is 1. The van der Waals surface area contributed by atoms with E-state index in [0.29, 0.717) is 12.2 Å². The molecule has 0 spiro atoms. The van der Waals surface area contributed by atoms with Gasteiger partial charge in [0, 0.05) is 24.5 Å². The minimum absolute atomic E-state index is 0.0893. The number of carbonyl (C=O) groups excluding carboxylic acids is 1. The third-order valence-electron chi connectivity index (χ3n) is 1.76. The zero-order chi connectivity index (χ0) is 11.8. The second-order valence-corrected chi connectivity index (χ2v) is 4.72. The summed E-state index contributed by atoms with van der Waals surface area (Å²) in [6.45, 7) is 3.29. The number of hydrogen-bond donors (Lipinski definition) is 3. The minimum atomic E-state index is -1.03. The molecular weight excluding hydrogens is 222 g/mol. The number of aliphatic carboxylic acids is 1. The lowest BCUT2D eigenvalue weighted by molar-refractivity contribution is -0.140. The Morgan fingerprint density at radius 2 is 2.07 bits per heavy atom. The molecule has 0 saturated carbocycles. The van der Waals surface area contributed by atoms with Gasteiger partial charge in [-0.25, -0.2) is 4.79 Å². The Morgan fingerprint density at radius 1 is 1.47 bits per heavy atom. The average molecular weight is 239 g/mol. The summed E-state index contributed by atoms with van der Waals surface area (Å²) in [6.07, 6.45) is 0.622. The fourth-order valence-electron chi connectivity index (χ4n) is 0.946. The predicted molar refractivity (Wildman–Crippen MR) is 58.9 cm³/mol. The molecule has 88 valence electrons. The van der Waals surface area contributed by atoms with Gasteiger partial charge < -0.3 is 15.5 Å². The zero-order valence-corrected chi connectivity index (χ0v) is 9.71. The van der Waals surface area contributed by atoms with E-state index in [1.807, 2.05) is 6.92 Å². The van der Waals surface area contributed by atoms with Crippen molar-refractivity contribution in [3.05, 3.63) is 0 Å². The zero-order valence-electron chi connectivity index (χ0n) is 8.90. The molecule has 0 aromatic rings. The van der Waals surface area contributed by atoms with Crippen molar-refractivity contribution in [3.63, 3.8) is 0 Å². The monoisotopic (exact) mass is 239 g/mol. The van der Waals surface area contributed by atoms with Crippen LogP contribution in [-0.4, -0.2) is 45.7 Å². The van der Waals surface area contributed by atoms with Crippen LogP contribution in [0.25, 0.3) is 0 Å². The molecule has 3 N–H and O–H groups in total. The lowest BCUT2D eigenvalue weighted by atomic mass is 10.4. The summed E-state index contributed by atoms with van der Waals surface area (Å²) in [7, 11) is 0. The molecule has 0 radical (unpaired) electrons. The van der Waals surface area contributed by atoms with Gasteiger partial charge in [0.25, 0.3) is 0 Å². The number of nitrogens with one attached hydrogen (secondary N) is 1. The number of hydrogen-bond acceptors (Lipinski definition) is 4. The highest BCUT2D eigenvalue weighted by Crippen LogP contribution is 2.14. The van der Waals surface area contributed by atoms with Crippen LogP contribution < -0.4 is 5.32 Å². The number of carboxylic acid groups (broad SMARTS) is 1. The molecule has 0 fully saturated rings. The van der Waals surface area contributed by atoms with Crippen molar-refractivity contribution >= 4 is 23.6 Å². The first-order chi connectivity index (χ1) is 6.97. The number of carboxylic acids is 1. The van der Waals surface area contributed by atoms with Crippen molar-refractivity contribution < 1.29 is 19.8 Å². The maximum absolute atomic E-state index is 10.7. The van der Waals surface area contributed by atoms with Crippen LogP contribution in [0.3, 0.4) is 0 Å². The second kappa shape index (κ2) is 7.53. The van der Waals surface area contributed by atoms with Crippen molar-refractivity contribution in [3.8, 4) is 0 Å². The van der Waals surface area contributed by atoms with E-state index < -0.39 is 12.0 Å². The maximum atomic E-state index is 10.7. The number of aliphatic hydroxyl groups is 1. The van der Waals surface area contributed by atoms with Crippen LogP contribution in [0.2, 0.25) is 0 Å². The van der Waals surface area contributed by atoms with E-state index in [9.17, 15) is 9.59 Å². The Labute approximate surface area is 93.2 Å². The molecule has 0 aliphatic carbocycles. The van der Waals surface area contributed by atoms with Crippen LogP contribution in [-0.2, 0) is 9.59 Å². The highest BCUT2D eigenvalue weighted by atomic mass is 32.2. The number of carbonyl (C=O) groups is 2. The van der Waals surface area contributed by atoms with Gasteiger partial charge in [-0.1, -0.05) is 6.92 Å². The minimum Gasteiger partial charge on any atom is -0.480 e.